The van der Waals surface area contributed by atoms with E-state index in [9.17, 15) is 9.59 Å². The average Bonchev–Trinajstić information content (AvgIpc) is 2.22. The van der Waals surface area contributed by atoms with Crippen molar-refractivity contribution >= 4 is 12.1 Å². The Bertz CT molecular complexity index is 180. The first-order valence-electron chi connectivity index (χ1n) is 4.51. The molecule has 0 spiro atoms. The highest BCUT2D eigenvalue weighted by molar-refractivity contribution is 5.81. The van der Waals surface area contributed by atoms with Gasteiger partial charge < -0.3 is 19.7 Å². The molecule has 2 N–H and O–H groups in total. The third-order valence-corrected chi connectivity index (χ3v) is 1.69. The van der Waals surface area contributed by atoms with Gasteiger partial charge in [0.15, 0.2) is 0 Å². The highest BCUT2D eigenvalue weighted by atomic mass is 16.5. The lowest BCUT2D eigenvalue weighted by atomic mass is 10.1. The van der Waals surface area contributed by atoms with Crippen LogP contribution in [0.15, 0.2) is 0 Å². The van der Waals surface area contributed by atoms with Crippen LogP contribution < -0.4 is 0 Å². The molecule has 0 aromatic carbocycles. The molecule has 5 nitrogen and oxygen atoms in total. The van der Waals surface area contributed by atoms with Crippen molar-refractivity contribution < 1.29 is 24.5 Å². The Morgan fingerprint density at radius 1 is 1.57 bits per heavy atom. The number of hydrogen-bond donors (Lipinski definition) is 2. The maximum Gasteiger partial charge on any atom is 0.149 e. The van der Waals surface area contributed by atoms with Crippen molar-refractivity contribution in [1.29, 1.82) is 0 Å². The molecule has 0 aliphatic rings. The number of rotatable bonds is 8. The molecule has 0 fully saturated rings. The molecular weight excluding hydrogens is 188 g/mol. The summed E-state index contributed by atoms with van der Waals surface area (Å²) < 4.78 is 4.92. The quantitative estimate of drug-likeness (QED) is 0.510. The van der Waals surface area contributed by atoms with Crippen LogP contribution in [0.2, 0.25) is 0 Å². The van der Waals surface area contributed by atoms with Gasteiger partial charge in [0.05, 0.1) is 13.2 Å². The zero-order valence-corrected chi connectivity index (χ0v) is 8.18. The van der Waals surface area contributed by atoms with Gasteiger partial charge in [0.25, 0.3) is 0 Å². The molecule has 5 heteroatoms. The van der Waals surface area contributed by atoms with Crippen LogP contribution in [0, 0.1) is 0 Å². The lowest BCUT2D eigenvalue weighted by molar-refractivity contribution is -0.130. The lowest BCUT2D eigenvalue weighted by Crippen LogP contribution is -2.26. The molecule has 0 rings (SSSR count). The number of Topliss-reactive ketones (excluding diaryl/α,β-unsaturated/α-hetero) is 1. The molecular formula is C9H16O5. The van der Waals surface area contributed by atoms with Gasteiger partial charge in [-0.3, -0.25) is 4.79 Å². The first-order valence-corrected chi connectivity index (χ1v) is 4.51. The van der Waals surface area contributed by atoms with Gasteiger partial charge in [-0.1, -0.05) is 6.92 Å². The van der Waals surface area contributed by atoms with Crippen LogP contribution in [0.4, 0.5) is 0 Å². The number of carbonyl (C=O) groups is 2. The Morgan fingerprint density at radius 2 is 2.21 bits per heavy atom. The van der Waals surface area contributed by atoms with Gasteiger partial charge in [0, 0.05) is 12.8 Å². The van der Waals surface area contributed by atoms with Gasteiger partial charge in [-0.05, 0) is 0 Å². The Balaban J connectivity index is 3.79. The summed E-state index contributed by atoms with van der Waals surface area (Å²) in [7, 11) is 0. The second kappa shape index (κ2) is 7.61. The summed E-state index contributed by atoms with van der Waals surface area (Å²) in [5.74, 6) is -0.0689. The lowest BCUT2D eigenvalue weighted by Gasteiger charge is -2.13. The second-order valence-corrected chi connectivity index (χ2v) is 2.94. The van der Waals surface area contributed by atoms with Crippen molar-refractivity contribution in [2.75, 3.05) is 13.2 Å². The minimum atomic E-state index is -1.01. The average molecular weight is 204 g/mol. The molecule has 2 atom stereocenters. The molecule has 0 aromatic rings. The predicted molar refractivity (Wildman–Crippen MR) is 48.8 cm³/mol. The van der Waals surface area contributed by atoms with Crippen molar-refractivity contribution in [3.8, 4) is 0 Å². The maximum absolute atomic E-state index is 10.9. The summed E-state index contributed by atoms with van der Waals surface area (Å²) in [4.78, 5) is 21.4. The Kier molecular flexibility index (Phi) is 7.18. The van der Waals surface area contributed by atoms with Gasteiger partial charge in [0.1, 0.15) is 24.3 Å². The van der Waals surface area contributed by atoms with Gasteiger partial charge in [-0.2, -0.15) is 0 Å². The van der Waals surface area contributed by atoms with E-state index in [0.717, 1.165) is 0 Å². The van der Waals surface area contributed by atoms with E-state index in [0.29, 0.717) is 12.7 Å². The number of ketones is 1. The molecule has 2 unspecified atom stereocenters. The van der Waals surface area contributed by atoms with Gasteiger partial charge in [-0.15, -0.1) is 0 Å². The highest BCUT2D eigenvalue weighted by Crippen LogP contribution is 2.00. The maximum atomic E-state index is 10.9. The number of hydrogen-bond acceptors (Lipinski definition) is 5. The number of aliphatic hydroxyl groups is 2. The number of carbonyl (C=O) groups excluding carboxylic acids is 2. The monoisotopic (exact) mass is 204 g/mol. The summed E-state index contributed by atoms with van der Waals surface area (Å²) in [6, 6.07) is 0. The molecule has 0 saturated carbocycles. The Morgan fingerprint density at radius 3 is 2.64 bits per heavy atom. The summed E-state index contributed by atoms with van der Waals surface area (Å²) in [6.45, 7) is 1.14. The molecule has 0 aliphatic heterocycles. The Hall–Kier alpha value is -0.780. The smallest absolute Gasteiger partial charge is 0.149 e. The summed E-state index contributed by atoms with van der Waals surface area (Å²) in [5.41, 5.74) is 0. The summed E-state index contributed by atoms with van der Waals surface area (Å²) in [5, 5.41) is 17.4. The predicted octanol–water partition coefficient (Wildman–Crippen LogP) is -0.707. The van der Waals surface area contributed by atoms with E-state index < -0.39 is 18.8 Å². The van der Waals surface area contributed by atoms with E-state index in [2.05, 4.69) is 0 Å². The molecule has 0 heterocycles. The third-order valence-electron chi connectivity index (χ3n) is 1.69. The zero-order chi connectivity index (χ0) is 11.0. The molecule has 0 saturated heterocycles. The van der Waals surface area contributed by atoms with Crippen molar-refractivity contribution in [3.05, 3.63) is 0 Å². The van der Waals surface area contributed by atoms with Crippen molar-refractivity contribution in [3.63, 3.8) is 0 Å². The normalized spacial score (nSPS) is 14.8. The molecule has 0 radical (unpaired) electrons. The first-order chi connectivity index (χ1) is 6.63. The van der Waals surface area contributed by atoms with Crippen molar-refractivity contribution in [1.82, 2.24) is 0 Å². The van der Waals surface area contributed by atoms with Crippen LogP contribution in [0.25, 0.3) is 0 Å². The second-order valence-electron chi connectivity index (χ2n) is 2.94. The number of aldehydes is 1. The van der Waals surface area contributed by atoms with Gasteiger partial charge in [-0.25, -0.2) is 0 Å². The highest BCUT2D eigenvalue weighted by Gasteiger charge is 2.13. The molecule has 0 aliphatic carbocycles. The standard InChI is InChI=1S/C9H16O5/c1-2-7(12)3-9(5-11)14-6-8(13)4-10/h5,8-10,13H,2-4,6H2,1H3. The third kappa shape index (κ3) is 5.80. The number of aliphatic hydroxyl groups excluding tert-OH is 2. The van der Waals surface area contributed by atoms with E-state index in [1.807, 2.05) is 0 Å². The first kappa shape index (κ1) is 13.2. The topological polar surface area (TPSA) is 83.8 Å². The minimum Gasteiger partial charge on any atom is -0.394 e. The molecule has 14 heavy (non-hydrogen) atoms. The van der Waals surface area contributed by atoms with E-state index in [4.69, 9.17) is 14.9 Å². The van der Waals surface area contributed by atoms with Crippen LogP contribution in [-0.2, 0) is 14.3 Å². The van der Waals surface area contributed by atoms with Gasteiger partial charge in [0.2, 0.25) is 0 Å². The van der Waals surface area contributed by atoms with E-state index in [1.165, 1.54) is 0 Å². The molecule has 0 amide bonds. The molecule has 82 valence electrons. The SMILES string of the molecule is CCC(=O)CC(C=O)OCC(O)CO. The van der Waals surface area contributed by atoms with Crippen LogP contribution in [-0.4, -0.2) is 47.7 Å². The molecule has 0 aromatic heterocycles. The van der Waals surface area contributed by atoms with E-state index >= 15 is 0 Å². The fraction of sp³-hybridized carbons (Fsp3) is 0.778. The minimum absolute atomic E-state index is 0.0259. The van der Waals surface area contributed by atoms with Crippen LogP contribution in [0.1, 0.15) is 19.8 Å². The fourth-order valence-electron chi connectivity index (χ4n) is 0.802. The molecule has 0 bridgehead atoms. The van der Waals surface area contributed by atoms with E-state index in [1.54, 1.807) is 6.92 Å². The van der Waals surface area contributed by atoms with Crippen LogP contribution >= 0.6 is 0 Å². The largest absolute Gasteiger partial charge is 0.394 e. The van der Waals surface area contributed by atoms with Crippen molar-refractivity contribution in [2.24, 2.45) is 0 Å². The number of ether oxygens (including phenoxy) is 1. The van der Waals surface area contributed by atoms with E-state index in [-0.39, 0.29) is 18.8 Å². The summed E-state index contributed by atoms with van der Waals surface area (Å²) >= 11 is 0. The van der Waals surface area contributed by atoms with Crippen molar-refractivity contribution in [2.45, 2.75) is 32.0 Å². The zero-order valence-electron chi connectivity index (χ0n) is 8.18. The van der Waals surface area contributed by atoms with Gasteiger partial charge >= 0.3 is 0 Å². The summed E-state index contributed by atoms with van der Waals surface area (Å²) in [6.07, 6.45) is -0.913. The Labute approximate surface area is 82.7 Å². The fourth-order valence-corrected chi connectivity index (χ4v) is 0.802. The van der Waals surface area contributed by atoms with Crippen LogP contribution in [0.3, 0.4) is 0 Å². The van der Waals surface area contributed by atoms with Crippen LogP contribution in [0.5, 0.6) is 0 Å².